The van der Waals surface area contributed by atoms with Gasteiger partial charge in [0.25, 0.3) is 0 Å². The molecule has 0 fully saturated rings. The van der Waals surface area contributed by atoms with Gasteiger partial charge in [0, 0.05) is 10.9 Å². The lowest BCUT2D eigenvalue weighted by Gasteiger charge is -2.04. The Balaban J connectivity index is 1.64. The number of carbonyl (C=O) groups is 1. The molecule has 24 heavy (non-hydrogen) atoms. The first-order valence-electron chi connectivity index (χ1n) is 7.20. The van der Waals surface area contributed by atoms with E-state index >= 15 is 0 Å². The normalized spacial score (nSPS) is 10.4. The minimum Gasteiger partial charge on any atom is -0.497 e. The first-order valence-corrected chi connectivity index (χ1v) is 8.08. The van der Waals surface area contributed by atoms with Crippen LogP contribution in [0, 0.1) is 0 Å². The van der Waals surface area contributed by atoms with Gasteiger partial charge in [0.05, 0.1) is 18.4 Å². The number of hydrogen-bond donors (Lipinski definition) is 1. The number of aromatic nitrogens is 1. The Morgan fingerprint density at radius 3 is 2.38 bits per heavy atom. The Bertz CT molecular complexity index is 825. The average Bonchev–Trinajstić information content (AvgIpc) is 3.09. The predicted octanol–water partition coefficient (Wildman–Crippen LogP) is 4.10. The highest BCUT2D eigenvalue weighted by Crippen LogP contribution is 2.25. The minimum absolute atomic E-state index is 0.235. The van der Waals surface area contributed by atoms with Crippen LogP contribution in [0.4, 0.5) is 0 Å². The second kappa shape index (κ2) is 7.14. The van der Waals surface area contributed by atoms with Crippen LogP contribution in [0.1, 0.15) is 15.4 Å². The summed E-state index contributed by atoms with van der Waals surface area (Å²) in [6.45, 7) is 0.341. The summed E-state index contributed by atoms with van der Waals surface area (Å²) in [5, 5.41) is 11.7. The minimum atomic E-state index is -0.953. The van der Waals surface area contributed by atoms with Crippen molar-refractivity contribution < 1.29 is 19.4 Å². The zero-order valence-electron chi connectivity index (χ0n) is 12.9. The summed E-state index contributed by atoms with van der Waals surface area (Å²) in [5.74, 6) is 0.467. The monoisotopic (exact) mass is 341 g/mol. The molecule has 0 aliphatic carbocycles. The fourth-order valence-corrected chi connectivity index (χ4v) is 2.82. The van der Waals surface area contributed by atoms with Crippen LogP contribution < -0.4 is 9.47 Å². The molecule has 0 amide bonds. The standard InChI is InChI=1S/C18H15NO4S/c1-22-14-6-2-12(3-7-14)16-11-24-17(19-16)10-23-15-8-4-13(5-9-15)18(20)21/h2-9,11H,10H2,1H3,(H,20,21). The van der Waals surface area contributed by atoms with Gasteiger partial charge in [0.15, 0.2) is 0 Å². The first-order chi connectivity index (χ1) is 11.7. The molecular weight excluding hydrogens is 326 g/mol. The molecule has 0 saturated carbocycles. The molecule has 122 valence electrons. The Morgan fingerprint density at radius 1 is 1.08 bits per heavy atom. The summed E-state index contributed by atoms with van der Waals surface area (Å²) in [4.78, 5) is 15.4. The Kier molecular flexibility index (Phi) is 4.77. The molecule has 1 heterocycles. The third-order valence-corrected chi connectivity index (χ3v) is 4.22. The van der Waals surface area contributed by atoms with Crippen molar-refractivity contribution in [3.63, 3.8) is 0 Å². The zero-order valence-corrected chi connectivity index (χ0v) is 13.7. The van der Waals surface area contributed by atoms with E-state index in [2.05, 4.69) is 4.98 Å². The second-order valence-electron chi connectivity index (χ2n) is 4.97. The van der Waals surface area contributed by atoms with Gasteiger partial charge >= 0.3 is 5.97 Å². The molecule has 0 unspecified atom stereocenters. The lowest BCUT2D eigenvalue weighted by molar-refractivity contribution is 0.0697. The highest BCUT2D eigenvalue weighted by atomic mass is 32.1. The van der Waals surface area contributed by atoms with E-state index in [1.165, 1.54) is 23.5 Å². The van der Waals surface area contributed by atoms with Crippen LogP contribution in [0.2, 0.25) is 0 Å². The first kappa shape index (κ1) is 16.0. The molecule has 1 aromatic heterocycles. The molecule has 0 spiro atoms. The van der Waals surface area contributed by atoms with Gasteiger partial charge in [-0.1, -0.05) is 0 Å². The van der Waals surface area contributed by atoms with Gasteiger partial charge in [-0.3, -0.25) is 0 Å². The molecule has 0 aliphatic heterocycles. The molecule has 0 atom stereocenters. The molecule has 0 aliphatic rings. The second-order valence-corrected chi connectivity index (χ2v) is 5.92. The highest BCUT2D eigenvalue weighted by molar-refractivity contribution is 7.09. The summed E-state index contributed by atoms with van der Waals surface area (Å²) >= 11 is 1.52. The number of carboxylic acids is 1. The van der Waals surface area contributed by atoms with Crippen LogP contribution in [-0.2, 0) is 6.61 Å². The molecular formula is C18H15NO4S. The molecule has 5 nitrogen and oxygen atoms in total. The van der Waals surface area contributed by atoms with E-state index < -0.39 is 5.97 Å². The Hall–Kier alpha value is -2.86. The number of hydrogen-bond acceptors (Lipinski definition) is 5. The SMILES string of the molecule is COc1ccc(-c2csc(COc3ccc(C(=O)O)cc3)n2)cc1. The van der Waals surface area contributed by atoms with Gasteiger partial charge in [-0.15, -0.1) is 11.3 Å². The Labute approximate surface area is 143 Å². The number of ether oxygens (including phenoxy) is 2. The average molecular weight is 341 g/mol. The smallest absolute Gasteiger partial charge is 0.335 e. The van der Waals surface area contributed by atoms with Crippen LogP contribution in [0.15, 0.2) is 53.9 Å². The van der Waals surface area contributed by atoms with Crippen molar-refractivity contribution in [3.05, 3.63) is 64.5 Å². The van der Waals surface area contributed by atoms with Crippen molar-refractivity contribution in [1.29, 1.82) is 0 Å². The fraction of sp³-hybridized carbons (Fsp3) is 0.111. The van der Waals surface area contributed by atoms with Crippen LogP contribution in [-0.4, -0.2) is 23.2 Å². The predicted molar refractivity (Wildman–Crippen MR) is 91.8 cm³/mol. The maximum atomic E-state index is 10.8. The van der Waals surface area contributed by atoms with Gasteiger partial charge in [0.1, 0.15) is 23.1 Å². The largest absolute Gasteiger partial charge is 0.497 e. The van der Waals surface area contributed by atoms with Crippen molar-refractivity contribution in [2.75, 3.05) is 7.11 Å². The molecule has 2 aromatic carbocycles. The summed E-state index contributed by atoms with van der Waals surface area (Å²) < 4.78 is 10.8. The van der Waals surface area contributed by atoms with Crippen molar-refractivity contribution in [3.8, 4) is 22.8 Å². The third-order valence-electron chi connectivity index (χ3n) is 3.40. The van der Waals surface area contributed by atoms with E-state index in [1.807, 2.05) is 29.6 Å². The maximum absolute atomic E-state index is 10.8. The summed E-state index contributed by atoms with van der Waals surface area (Å²) in [7, 11) is 1.64. The molecule has 0 bridgehead atoms. The lowest BCUT2D eigenvalue weighted by Crippen LogP contribution is -1.97. The quantitative estimate of drug-likeness (QED) is 0.731. The van der Waals surface area contributed by atoms with E-state index in [4.69, 9.17) is 14.6 Å². The lowest BCUT2D eigenvalue weighted by atomic mass is 10.2. The topological polar surface area (TPSA) is 68.7 Å². The molecule has 3 rings (SSSR count). The number of methoxy groups -OCH3 is 1. The zero-order chi connectivity index (χ0) is 16.9. The van der Waals surface area contributed by atoms with Crippen LogP contribution >= 0.6 is 11.3 Å². The van der Waals surface area contributed by atoms with Gasteiger partial charge in [-0.25, -0.2) is 9.78 Å². The number of aromatic carboxylic acids is 1. The maximum Gasteiger partial charge on any atom is 0.335 e. The molecule has 0 radical (unpaired) electrons. The number of carboxylic acid groups (broad SMARTS) is 1. The van der Waals surface area contributed by atoms with E-state index in [9.17, 15) is 4.79 Å². The number of benzene rings is 2. The summed E-state index contributed by atoms with van der Waals surface area (Å²) in [6.07, 6.45) is 0. The van der Waals surface area contributed by atoms with Crippen molar-refractivity contribution in [2.24, 2.45) is 0 Å². The van der Waals surface area contributed by atoms with E-state index in [-0.39, 0.29) is 5.56 Å². The molecule has 1 N–H and O–H groups in total. The highest BCUT2D eigenvalue weighted by Gasteiger charge is 2.07. The van der Waals surface area contributed by atoms with Crippen LogP contribution in [0.3, 0.4) is 0 Å². The summed E-state index contributed by atoms with van der Waals surface area (Å²) in [5.41, 5.74) is 2.14. The summed E-state index contributed by atoms with van der Waals surface area (Å²) in [6, 6.07) is 14.0. The third kappa shape index (κ3) is 3.72. The molecule has 3 aromatic rings. The van der Waals surface area contributed by atoms with Crippen molar-refractivity contribution >= 4 is 17.3 Å². The van der Waals surface area contributed by atoms with Gasteiger partial charge in [0.2, 0.25) is 0 Å². The molecule has 6 heteroatoms. The number of rotatable bonds is 6. The molecule has 0 saturated heterocycles. The van der Waals surface area contributed by atoms with E-state index in [1.54, 1.807) is 19.2 Å². The van der Waals surface area contributed by atoms with Crippen LogP contribution in [0.5, 0.6) is 11.5 Å². The van der Waals surface area contributed by atoms with Gasteiger partial charge in [-0.2, -0.15) is 0 Å². The van der Waals surface area contributed by atoms with E-state index in [0.29, 0.717) is 12.4 Å². The van der Waals surface area contributed by atoms with E-state index in [0.717, 1.165) is 22.0 Å². The van der Waals surface area contributed by atoms with Crippen molar-refractivity contribution in [1.82, 2.24) is 4.98 Å². The number of nitrogens with zero attached hydrogens (tertiary/aromatic N) is 1. The van der Waals surface area contributed by atoms with Gasteiger partial charge < -0.3 is 14.6 Å². The van der Waals surface area contributed by atoms with Gasteiger partial charge in [-0.05, 0) is 48.5 Å². The fourth-order valence-electron chi connectivity index (χ4n) is 2.11. The van der Waals surface area contributed by atoms with Crippen LogP contribution in [0.25, 0.3) is 11.3 Å². The van der Waals surface area contributed by atoms with Crippen molar-refractivity contribution in [2.45, 2.75) is 6.61 Å². The number of thiazole rings is 1. The Morgan fingerprint density at radius 2 is 1.75 bits per heavy atom.